The van der Waals surface area contributed by atoms with Crippen molar-refractivity contribution in [1.29, 1.82) is 0 Å². The lowest BCUT2D eigenvalue weighted by atomic mass is 10.3. The summed E-state index contributed by atoms with van der Waals surface area (Å²) in [4.78, 5) is 11.3. The van der Waals surface area contributed by atoms with Crippen molar-refractivity contribution in [3.8, 4) is 11.5 Å². The number of para-hydroxylation sites is 1. The molecule has 0 atom stereocenters. The minimum Gasteiger partial charge on any atom is -0.463 e. The van der Waals surface area contributed by atoms with E-state index in [1.165, 1.54) is 6.08 Å². The van der Waals surface area contributed by atoms with Crippen LogP contribution in [0.15, 0.2) is 66.4 Å². The van der Waals surface area contributed by atoms with Crippen LogP contribution in [0.1, 0.15) is 13.8 Å². The molecule has 0 spiro atoms. The van der Waals surface area contributed by atoms with Crippen molar-refractivity contribution in [1.82, 2.24) is 0 Å². The molecule has 4 nitrogen and oxygen atoms in total. The van der Waals surface area contributed by atoms with E-state index >= 15 is 0 Å². The molecule has 0 heterocycles. The zero-order valence-electron chi connectivity index (χ0n) is 12.7. The number of esters is 1. The molecule has 2 rings (SSSR count). The quantitative estimate of drug-likeness (QED) is 0.636. The highest BCUT2D eigenvalue weighted by Crippen LogP contribution is 2.23. The van der Waals surface area contributed by atoms with Crippen LogP contribution >= 0.6 is 0 Å². The van der Waals surface area contributed by atoms with Crippen molar-refractivity contribution in [3.63, 3.8) is 0 Å². The second-order valence-corrected chi connectivity index (χ2v) is 4.64. The minimum atomic E-state index is -0.350. The molecule has 2 aromatic carbocycles. The first-order chi connectivity index (χ1) is 10.7. The SMILES string of the molecule is CCOC(=O)C=C(C)Nc1ccc(Oc2ccccc2)cc1. The van der Waals surface area contributed by atoms with E-state index in [1.807, 2.05) is 61.5 Å². The molecule has 0 radical (unpaired) electrons. The predicted octanol–water partition coefficient (Wildman–Crippen LogP) is 4.36. The fourth-order valence-corrected chi connectivity index (χ4v) is 1.86. The molecule has 0 aromatic heterocycles. The third-order valence-corrected chi connectivity index (χ3v) is 2.80. The zero-order valence-corrected chi connectivity index (χ0v) is 12.7. The maximum absolute atomic E-state index is 11.3. The van der Waals surface area contributed by atoms with E-state index in [0.717, 1.165) is 22.9 Å². The van der Waals surface area contributed by atoms with Gasteiger partial charge in [-0.1, -0.05) is 18.2 Å². The number of hydrogen-bond acceptors (Lipinski definition) is 4. The second-order valence-electron chi connectivity index (χ2n) is 4.64. The van der Waals surface area contributed by atoms with Gasteiger partial charge in [-0.15, -0.1) is 0 Å². The van der Waals surface area contributed by atoms with Crippen LogP contribution in [-0.4, -0.2) is 12.6 Å². The van der Waals surface area contributed by atoms with Crippen LogP contribution in [0.2, 0.25) is 0 Å². The van der Waals surface area contributed by atoms with Gasteiger partial charge in [0.25, 0.3) is 0 Å². The summed E-state index contributed by atoms with van der Waals surface area (Å²) < 4.78 is 10.6. The second kappa shape index (κ2) is 7.88. The summed E-state index contributed by atoms with van der Waals surface area (Å²) in [6.45, 7) is 3.96. The van der Waals surface area contributed by atoms with Crippen LogP contribution in [0, 0.1) is 0 Å². The molecule has 0 amide bonds. The zero-order chi connectivity index (χ0) is 15.8. The minimum absolute atomic E-state index is 0.350. The van der Waals surface area contributed by atoms with Crippen molar-refractivity contribution in [2.75, 3.05) is 11.9 Å². The number of rotatable bonds is 6. The average molecular weight is 297 g/mol. The fourth-order valence-electron chi connectivity index (χ4n) is 1.86. The van der Waals surface area contributed by atoms with E-state index in [9.17, 15) is 4.79 Å². The van der Waals surface area contributed by atoms with E-state index in [-0.39, 0.29) is 5.97 Å². The van der Waals surface area contributed by atoms with Gasteiger partial charge in [0.1, 0.15) is 11.5 Å². The number of nitrogens with one attached hydrogen (secondary N) is 1. The Labute approximate surface area is 130 Å². The highest BCUT2D eigenvalue weighted by atomic mass is 16.5. The van der Waals surface area contributed by atoms with Crippen LogP contribution < -0.4 is 10.1 Å². The molecule has 0 aliphatic rings. The summed E-state index contributed by atoms with van der Waals surface area (Å²) in [6, 6.07) is 17.1. The lowest BCUT2D eigenvalue weighted by Crippen LogP contribution is -2.04. The van der Waals surface area contributed by atoms with E-state index in [4.69, 9.17) is 9.47 Å². The summed E-state index contributed by atoms with van der Waals surface area (Å²) >= 11 is 0. The van der Waals surface area contributed by atoms with Crippen LogP contribution in [0.5, 0.6) is 11.5 Å². The van der Waals surface area contributed by atoms with Gasteiger partial charge in [-0.2, -0.15) is 0 Å². The number of carbonyl (C=O) groups is 1. The molecule has 0 aliphatic carbocycles. The Kier molecular flexibility index (Phi) is 5.60. The fraction of sp³-hybridized carbons (Fsp3) is 0.167. The molecule has 22 heavy (non-hydrogen) atoms. The summed E-state index contributed by atoms with van der Waals surface area (Å²) in [7, 11) is 0. The van der Waals surface area contributed by atoms with Crippen LogP contribution in [-0.2, 0) is 9.53 Å². The number of hydrogen-bond donors (Lipinski definition) is 1. The number of ether oxygens (including phenoxy) is 2. The first-order valence-electron chi connectivity index (χ1n) is 7.12. The molecule has 0 saturated heterocycles. The molecule has 0 bridgehead atoms. The van der Waals surface area contributed by atoms with Crippen LogP contribution in [0.25, 0.3) is 0 Å². The first-order valence-corrected chi connectivity index (χ1v) is 7.12. The Balaban J connectivity index is 1.96. The van der Waals surface area contributed by atoms with E-state index in [2.05, 4.69) is 5.32 Å². The maximum Gasteiger partial charge on any atom is 0.332 e. The summed E-state index contributed by atoms with van der Waals surface area (Å²) in [5.74, 6) is 1.20. The van der Waals surface area contributed by atoms with Gasteiger partial charge in [-0.25, -0.2) is 4.79 Å². The Morgan fingerprint density at radius 3 is 2.32 bits per heavy atom. The molecule has 4 heteroatoms. The van der Waals surface area contributed by atoms with Gasteiger partial charge in [0.2, 0.25) is 0 Å². The van der Waals surface area contributed by atoms with Gasteiger partial charge < -0.3 is 14.8 Å². The molecule has 0 fully saturated rings. The van der Waals surface area contributed by atoms with Crippen molar-refractivity contribution in [2.45, 2.75) is 13.8 Å². The normalized spacial score (nSPS) is 10.9. The van der Waals surface area contributed by atoms with Crippen LogP contribution in [0.3, 0.4) is 0 Å². The smallest absolute Gasteiger partial charge is 0.332 e. The topological polar surface area (TPSA) is 47.6 Å². The van der Waals surface area contributed by atoms with Gasteiger partial charge >= 0.3 is 5.97 Å². The summed E-state index contributed by atoms with van der Waals surface area (Å²) in [5, 5.41) is 3.13. The van der Waals surface area contributed by atoms with Crippen molar-refractivity contribution in [2.24, 2.45) is 0 Å². The third-order valence-electron chi connectivity index (χ3n) is 2.80. The Morgan fingerprint density at radius 1 is 1.05 bits per heavy atom. The van der Waals surface area contributed by atoms with Crippen molar-refractivity contribution < 1.29 is 14.3 Å². The maximum atomic E-state index is 11.3. The van der Waals surface area contributed by atoms with Crippen molar-refractivity contribution in [3.05, 3.63) is 66.4 Å². The summed E-state index contributed by atoms with van der Waals surface area (Å²) in [5.41, 5.74) is 1.59. The van der Waals surface area contributed by atoms with Gasteiger partial charge in [0, 0.05) is 17.5 Å². The van der Waals surface area contributed by atoms with E-state index < -0.39 is 0 Å². The first kappa shape index (κ1) is 15.6. The Hall–Kier alpha value is -2.75. The highest BCUT2D eigenvalue weighted by Gasteiger charge is 2.00. The third kappa shape index (κ3) is 4.98. The Bertz CT molecular complexity index is 633. The van der Waals surface area contributed by atoms with Gasteiger partial charge in [-0.05, 0) is 50.2 Å². The van der Waals surface area contributed by atoms with Gasteiger partial charge in [-0.3, -0.25) is 0 Å². The molecule has 2 aromatic rings. The highest BCUT2D eigenvalue weighted by molar-refractivity contribution is 5.83. The number of anilines is 1. The largest absolute Gasteiger partial charge is 0.463 e. The van der Waals surface area contributed by atoms with E-state index in [1.54, 1.807) is 6.92 Å². The molecule has 0 unspecified atom stereocenters. The lowest BCUT2D eigenvalue weighted by molar-refractivity contribution is -0.137. The molecular weight excluding hydrogens is 278 g/mol. The molecule has 0 aliphatic heterocycles. The van der Waals surface area contributed by atoms with Crippen molar-refractivity contribution >= 4 is 11.7 Å². The molecule has 114 valence electrons. The number of carbonyl (C=O) groups excluding carboxylic acids is 1. The molecule has 1 N–H and O–H groups in total. The molecular formula is C18H19NO3. The monoisotopic (exact) mass is 297 g/mol. The van der Waals surface area contributed by atoms with E-state index in [0.29, 0.717) is 6.61 Å². The lowest BCUT2D eigenvalue weighted by Gasteiger charge is -2.09. The summed E-state index contributed by atoms with van der Waals surface area (Å²) in [6.07, 6.45) is 1.43. The average Bonchev–Trinajstić information content (AvgIpc) is 2.50. The number of allylic oxidation sites excluding steroid dienone is 1. The van der Waals surface area contributed by atoms with Gasteiger partial charge in [0.05, 0.1) is 6.61 Å². The molecule has 0 saturated carbocycles. The standard InChI is InChI=1S/C18H19NO3/c1-3-21-18(20)13-14(2)19-15-9-11-17(12-10-15)22-16-7-5-4-6-8-16/h4-13,19H,3H2,1-2H3. The van der Waals surface area contributed by atoms with Gasteiger partial charge in [0.15, 0.2) is 0 Å². The van der Waals surface area contributed by atoms with Crippen LogP contribution in [0.4, 0.5) is 5.69 Å². The Morgan fingerprint density at radius 2 is 1.68 bits per heavy atom. The number of benzene rings is 2. The predicted molar refractivity (Wildman–Crippen MR) is 87.0 cm³/mol.